The molecule has 0 spiro atoms. The molecule has 0 amide bonds. The maximum Gasteiger partial charge on any atom is 0.459 e. The second-order valence-electron chi connectivity index (χ2n) is 11.6. The topological polar surface area (TPSA) is 180 Å². The lowest BCUT2D eigenvalue weighted by atomic mass is 10.1. The summed E-state index contributed by atoms with van der Waals surface area (Å²) < 4.78 is 39.3. The van der Waals surface area contributed by atoms with Gasteiger partial charge in [0.1, 0.15) is 11.8 Å². The van der Waals surface area contributed by atoms with Crippen LogP contribution >= 0.6 is 7.75 Å². The van der Waals surface area contributed by atoms with Crippen molar-refractivity contribution in [1.29, 1.82) is 5.41 Å². The van der Waals surface area contributed by atoms with E-state index in [9.17, 15) is 9.36 Å². The lowest BCUT2D eigenvalue weighted by Gasteiger charge is -2.25. The Morgan fingerprint density at radius 1 is 1.20 bits per heavy atom. The minimum atomic E-state index is -4.18. The van der Waals surface area contributed by atoms with Gasteiger partial charge in [0.25, 0.3) is 0 Å². The molecule has 1 aliphatic carbocycles. The summed E-state index contributed by atoms with van der Waals surface area (Å²) in [6.45, 7) is 4.79. The van der Waals surface area contributed by atoms with Crippen molar-refractivity contribution in [3.63, 3.8) is 0 Å². The van der Waals surface area contributed by atoms with E-state index in [4.69, 9.17) is 29.7 Å². The lowest BCUT2D eigenvalue weighted by molar-refractivity contribution is -0.149. The number of nitrogens with one attached hydrogen (secondary N) is 2. The van der Waals surface area contributed by atoms with Crippen LogP contribution in [0.3, 0.4) is 0 Å². The van der Waals surface area contributed by atoms with E-state index >= 15 is 0 Å². The molecule has 2 aromatic carbocycles. The molecule has 1 aliphatic heterocycles. The van der Waals surface area contributed by atoms with E-state index in [-0.39, 0.29) is 30.8 Å². The van der Waals surface area contributed by atoms with Crippen molar-refractivity contribution in [2.45, 2.75) is 70.6 Å². The summed E-state index contributed by atoms with van der Waals surface area (Å²) >= 11 is 0. The van der Waals surface area contributed by atoms with Gasteiger partial charge in [-0.05, 0) is 45.1 Å². The first-order valence-electron chi connectivity index (χ1n) is 14.9. The number of nitrogen functional groups attached to an aromatic ring is 1. The molecule has 4 N–H and O–H groups in total. The number of nitrogens with two attached hydrogens (primary N) is 1. The minimum Gasteiger partial charge on any atom is -0.462 e. The lowest BCUT2D eigenvalue weighted by Crippen LogP contribution is -2.36. The zero-order chi connectivity index (χ0) is 31.9. The molecule has 3 heterocycles. The third kappa shape index (κ3) is 6.64. The Balaban J connectivity index is 1.21. The highest BCUT2D eigenvalue weighted by Gasteiger charge is 2.39. The smallest absolute Gasteiger partial charge is 0.459 e. The molecule has 6 rings (SSSR count). The zero-order valence-electron chi connectivity index (χ0n) is 25.5. The van der Waals surface area contributed by atoms with Crippen LogP contribution in [0.25, 0.3) is 21.9 Å². The molecule has 2 fully saturated rings. The maximum absolute atomic E-state index is 14.2. The fourth-order valence-electron chi connectivity index (χ4n) is 5.26. The number of fused-ring (bicyclic) bond motifs is 2. The van der Waals surface area contributed by atoms with Gasteiger partial charge in [0.05, 0.1) is 30.9 Å². The van der Waals surface area contributed by atoms with Crippen LogP contribution in [-0.2, 0) is 23.4 Å². The van der Waals surface area contributed by atoms with Gasteiger partial charge in [0.2, 0.25) is 5.95 Å². The first-order valence-corrected chi connectivity index (χ1v) is 16.4. The van der Waals surface area contributed by atoms with Crippen LogP contribution in [0.1, 0.15) is 46.3 Å². The van der Waals surface area contributed by atoms with Crippen molar-refractivity contribution in [3.05, 3.63) is 48.8 Å². The number of carbonyl (C=O) groups excluding carboxylic acids is 1. The summed E-state index contributed by atoms with van der Waals surface area (Å²) in [5.41, 5.74) is 7.33. The number of esters is 1. The molecule has 2 aromatic heterocycles. The summed E-state index contributed by atoms with van der Waals surface area (Å²) in [4.78, 5) is 28.0. The summed E-state index contributed by atoms with van der Waals surface area (Å²) in [6.07, 6.45) is 2.05. The molecule has 1 saturated heterocycles. The third-order valence-corrected chi connectivity index (χ3v) is 9.25. The summed E-state index contributed by atoms with van der Waals surface area (Å²) in [7, 11) is -2.23. The Bertz CT molecular complexity index is 1790. The maximum atomic E-state index is 14.2. The molecule has 1 saturated carbocycles. The van der Waals surface area contributed by atoms with Gasteiger partial charge in [-0.15, -0.1) is 0 Å². The average molecular weight is 637 g/mol. The average Bonchev–Trinajstić information content (AvgIpc) is 3.67. The van der Waals surface area contributed by atoms with Gasteiger partial charge in [0.15, 0.2) is 23.2 Å². The predicted molar refractivity (Wildman–Crippen MR) is 169 cm³/mol. The molecule has 4 aromatic rings. The van der Waals surface area contributed by atoms with E-state index in [0.29, 0.717) is 28.8 Å². The van der Waals surface area contributed by atoms with E-state index in [0.717, 1.165) is 23.6 Å². The van der Waals surface area contributed by atoms with Crippen molar-refractivity contribution in [3.8, 4) is 5.75 Å². The van der Waals surface area contributed by atoms with Crippen LogP contribution in [0.4, 0.5) is 11.8 Å². The monoisotopic (exact) mass is 636 g/mol. The summed E-state index contributed by atoms with van der Waals surface area (Å²) in [5, 5.41) is 13.0. The van der Waals surface area contributed by atoms with E-state index < -0.39 is 32.1 Å². The molecule has 14 nitrogen and oxygen atoms in total. The van der Waals surface area contributed by atoms with E-state index in [1.807, 2.05) is 42.3 Å². The van der Waals surface area contributed by atoms with Gasteiger partial charge < -0.3 is 30.0 Å². The largest absolute Gasteiger partial charge is 0.462 e. The number of carbonyl (C=O) groups is 1. The Kier molecular flexibility index (Phi) is 8.49. The van der Waals surface area contributed by atoms with Gasteiger partial charge in [-0.2, -0.15) is 15.1 Å². The second kappa shape index (κ2) is 12.4. The minimum absolute atomic E-state index is 0.0962. The summed E-state index contributed by atoms with van der Waals surface area (Å²) in [6, 6.07) is 12.2. The number of anilines is 2. The Morgan fingerprint density at radius 3 is 2.71 bits per heavy atom. The Morgan fingerprint density at radius 2 is 1.96 bits per heavy atom. The van der Waals surface area contributed by atoms with Crippen LogP contribution in [0, 0.1) is 5.41 Å². The quantitative estimate of drug-likeness (QED) is 0.146. The van der Waals surface area contributed by atoms with Crippen molar-refractivity contribution in [2.24, 2.45) is 0 Å². The molecule has 45 heavy (non-hydrogen) atoms. The predicted octanol–water partition coefficient (Wildman–Crippen LogP) is 4.60. The molecule has 2 aliphatic rings. The number of hydrogen-bond donors (Lipinski definition) is 3. The number of benzene rings is 2. The first-order chi connectivity index (χ1) is 21.5. The standard InChI is InChI=1S/C30H37N8O6P/c1-17(2)42-29(39)18(3)36-45(40,44-24-11-7-9-19-8-5-6-10-22(19)24)41-15-21-14-23(31)28(43-21)38-16-33-25-26(37(4)20-12-13-20)34-30(32)35-27(25)38/h5-11,16-18,20-21,28,31H,12-15H2,1-4H3,(H,36,40)(H2,32,34,35)/t18-,21-,28+,45-/m0/s1. The van der Waals surface area contributed by atoms with Gasteiger partial charge in [-0.3, -0.25) is 13.9 Å². The van der Waals surface area contributed by atoms with Crippen LogP contribution in [0.2, 0.25) is 0 Å². The zero-order valence-corrected chi connectivity index (χ0v) is 26.4. The van der Waals surface area contributed by atoms with Gasteiger partial charge in [-0.1, -0.05) is 36.4 Å². The van der Waals surface area contributed by atoms with Crippen LogP contribution < -0.4 is 20.2 Å². The van der Waals surface area contributed by atoms with Gasteiger partial charge in [-0.25, -0.2) is 9.55 Å². The Hall–Kier alpha value is -4.10. The van der Waals surface area contributed by atoms with Gasteiger partial charge >= 0.3 is 13.7 Å². The Labute approximate surface area is 260 Å². The number of aromatic nitrogens is 4. The number of rotatable bonds is 12. The molecule has 15 heteroatoms. The molecule has 4 atom stereocenters. The molecule has 238 valence electrons. The number of imidazole rings is 1. The van der Waals surface area contributed by atoms with Crippen LogP contribution in [0.15, 0.2) is 48.8 Å². The number of ether oxygens (including phenoxy) is 2. The van der Waals surface area contributed by atoms with Crippen molar-refractivity contribution in [2.75, 3.05) is 24.3 Å². The molecular formula is C30H37N8O6P. The van der Waals surface area contributed by atoms with Gasteiger partial charge in [0, 0.05) is 24.9 Å². The number of nitrogens with zero attached hydrogens (tertiary/aromatic N) is 5. The van der Waals surface area contributed by atoms with Crippen molar-refractivity contribution in [1.82, 2.24) is 24.6 Å². The van der Waals surface area contributed by atoms with Crippen LogP contribution in [0.5, 0.6) is 5.75 Å². The normalized spacial score (nSPS) is 20.4. The van der Waals surface area contributed by atoms with E-state index in [2.05, 4.69) is 20.0 Å². The third-order valence-electron chi connectivity index (χ3n) is 7.62. The fourth-order valence-corrected chi connectivity index (χ4v) is 6.80. The van der Waals surface area contributed by atoms with Crippen LogP contribution in [-0.4, -0.2) is 69.1 Å². The molecular weight excluding hydrogens is 599 g/mol. The molecule has 0 bridgehead atoms. The fraction of sp³-hybridized carbons (Fsp3) is 0.433. The highest BCUT2D eigenvalue weighted by atomic mass is 31.2. The molecule has 0 unspecified atom stereocenters. The SMILES string of the molecule is CC(C)OC(=O)[C@H](C)N[P@](=O)(OC[C@@H]1CC(=N)[C@H](n2cnc3c(N(C)C4CC4)nc(N)nc32)O1)Oc1cccc2ccccc12. The highest BCUT2D eigenvalue weighted by Crippen LogP contribution is 2.47. The van der Waals surface area contributed by atoms with Crippen molar-refractivity contribution < 1.29 is 27.9 Å². The number of hydrogen-bond acceptors (Lipinski definition) is 12. The highest BCUT2D eigenvalue weighted by molar-refractivity contribution is 7.52. The van der Waals surface area contributed by atoms with E-state index in [1.54, 1.807) is 36.9 Å². The van der Waals surface area contributed by atoms with Crippen molar-refractivity contribution >= 4 is 53.1 Å². The second-order valence-corrected chi connectivity index (χ2v) is 13.3. The van der Waals surface area contributed by atoms with E-state index in [1.165, 1.54) is 6.92 Å². The molecule has 0 radical (unpaired) electrons. The summed E-state index contributed by atoms with van der Waals surface area (Å²) in [5.74, 6) is 0.444. The first kappa shape index (κ1) is 30.9.